The monoisotopic (exact) mass is 375 g/mol. The Balaban J connectivity index is 2.44. The van der Waals surface area contributed by atoms with Crippen LogP contribution in [-0.4, -0.2) is 7.05 Å². The van der Waals surface area contributed by atoms with E-state index in [1.165, 1.54) is 12.8 Å². The van der Waals surface area contributed by atoms with E-state index in [0.717, 1.165) is 19.3 Å². The van der Waals surface area contributed by atoms with Gasteiger partial charge in [-0.25, -0.2) is 4.39 Å². The highest BCUT2D eigenvalue weighted by Crippen LogP contribution is 2.52. The van der Waals surface area contributed by atoms with E-state index in [4.69, 9.17) is 11.6 Å². The van der Waals surface area contributed by atoms with Crippen LogP contribution in [-0.2, 0) is 0 Å². The van der Waals surface area contributed by atoms with Crippen LogP contribution >= 0.6 is 27.5 Å². The summed E-state index contributed by atoms with van der Waals surface area (Å²) in [6, 6.07) is 3.74. The van der Waals surface area contributed by atoms with Gasteiger partial charge in [-0.15, -0.1) is 0 Å². The SMILES string of the molecule is CNC(c1ccc(Br)c(Cl)c1F)C1(CC(C)C)CCCC1. The molecule has 1 nitrogen and oxygen atoms in total. The number of hydrogen-bond donors (Lipinski definition) is 1. The number of hydrogen-bond acceptors (Lipinski definition) is 1. The number of nitrogens with one attached hydrogen (secondary N) is 1. The highest BCUT2D eigenvalue weighted by Gasteiger charge is 2.42. The van der Waals surface area contributed by atoms with Crippen LogP contribution in [0.1, 0.15) is 57.6 Å². The molecule has 0 spiro atoms. The molecule has 118 valence electrons. The van der Waals surface area contributed by atoms with E-state index in [-0.39, 0.29) is 22.3 Å². The van der Waals surface area contributed by atoms with E-state index in [0.29, 0.717) is 16.0 Å². The molecule has 0 aromatic heterocycles. The van der Waals surface area contributed by atoms with Crippen molar-refractivity contribution in [2.45, 2.75) is 52.0 Å². The first-order chi connectivity index (χ1) is 9.91. The highest BCUT2D eigenvalue weighted by atomic mass is 79.9. The van der Waals surface area contributed by atoms with Crippen LogP contribution in [0.15, 0.2) is 16.6 Å². The molecule has 2 rings (SSSR count). The molecule has 1 atom stereocenters. The van der Waals surface area contributed by atoms with Crippen molar-refractivity contribution in [3.05, 3.63) is 33.0 Å². The number of benzene rings is 1. The van der Waals surface area contributed by atoms with Gasteiger partial charge in [0, 0.05) is 16.1 Å². The minimum Gasteiger partial charge on any atom is -0.312 e. The summed E-state index contributed by atoms with van der Waals surface area (Å²) in [5.74, 6) is 0.313. The molecule has 4 heteroatoms. The van der Waals surface area contributed by atoms with Crippen molar-refractivity contribution in [1.29, 1.82) is 0 Å². The second-order valence-corrected chi connectivity index (χ2v) is 7.89. The van der Waals surface area contributed by atoms with Crippen molar-refractivity contribution in [2.75, 3.05) is 7.05 Å². The summed E-state index contributed by atoms with van der Waals surface area (Å²) in [6.07, 6.45) is 5.90. The standard InChI is InChI=1S/C17H24BrClFN/c1-11(2)10-17(8-4-5-9-17)16(21-3)12-6-7-13(18)14(19)15(12)20/h6-7,11,16,21H,4-5,8-10H2,1-3H3. The fraction of sp³-hybridized carbons (Fsp3) is 0.647. The van der Waals surface area contributed by atoms with Crippen molar-refractivity contribution in [3.63, 3.8) is 0 Å². The first-order valence-corrected chi connectivity index (χ1v) is 8.89. The summed E-state index contributed by atoms with van der Waals surface area (Å²) in [5, 5.41) is 3.57. The van der Waals surface area contributed by atoms with Gasteiger partial charge < -0.3 is 5.32 Å². The molecule has 0 amide bonds. The molecular formula is C17H24BrClFN. The van der Waals surface area contributed by atoms with Gasteiger partial charge in [-0.1, -0.05) is 44.4 Å². The number of halogens is 3. The maximum absolute atomic E-state index is 14.7. The number of rotatable bonds is 5. The zero-order chi connectivity index (χ0) is 15.6. The third-order valence-electron chi connectivity index (χ3n) is 4.69. The predicted molar refractivity (Wildman–Crippen MR) is 91.3 cm³/mol. The molecule has 0 bridgehead atoms. The van der Waals surface area contributed by atoms with Gasteiger partial charge in [0.15, 0.2) is 0 Å². The summed E-state index contributed by atoms with van der Waals surface area (Å²) in [5.41, 5.74) is 0.842. The minimum atomic E-state index is -0.291. The fourth-order valence-corrected chi connectivity index (χ4v) is 4.54. The van der Waals surface area contributed by atoms with Crippen LogP contribution in [0, 0.1) is 17.2 Å². The predicted octanol–water partition coefficient (Wildman–Crippen LogP) is 6.11. The quantitative estimate of drug-likeness (QED) is 0.611. The largest absolute Gasteiger partial charge is 0.312 e. The Bertz CT molecular complexity index is 498. The summed E-state index contributed by atoms with van der Waals surface area (Å²) >= 11 is 9.39. The Morgan fingerprint density at radius 1 is 1.33 bits per heavy atom. The maximum atomic E-state index is 14.7. The summed E-state index contributed by atoms with van der Waals surface area (Å²) in [6.45, 7) is 4.50. The average Bonchev–Trinajstić information content (AvgIpc) is 2.88. The Morgan fingerprint density at radius 2 is 1.95 bits per heavy atom. The third kappa shape index (κ3) is 3.46. The molecule has 0 heterocycles. The molecule has 0 radical (unpaired) electrons. The zero-order valence-electron chi connectivity index (χ0n) is 13.0. The molecule has 1 unspecified atom stereocenters. The van der Waals surface area contributed by atoms with Crippen LogP contribution in [0.2, 0.25) is 5.02 Å². The van der Waals surface area contributed by atoms with Crippen molar-refractivity contribution < 1.29 is 4.39 Å². The normalized spacial score (nSPS) is 19.2. The smallest absolute Gasteiger partial charge is 0.147 e. The van der Waals surface area contributed by atoms with Crippen LogP contribution in [0.3, 0.4) is 0 Å². The van der Waals surface area contributed by atoms with E-state index in [1.807, 2.05) is 19.2 Å². The van der Waals surface area contributed by atoms with Crippen LogP contribution in [0.5, 0.6) is 0 Å². The Labute approximate surface area is 140 Å². The van der Waals surface area contributed by atoms with Gasteiger partial charge in [-0.05, 0) is 59.6 Å². The topological polar surface area (TPSA) is 12.0 Å². The van der Waals surface area contributed by atoms with E-state index < -0.39 is 0 Å². The van der Waals surface area contributed by atoms with E-state index >= 15 is 0 Å². The van der Waals surface area contributed by atoms with Gasteiger partial charge in [0.1, 0.15) is 5.82 Å². The maximum Gasteiger partial charge on any atom is 0.147 e. The molecule has 1 N–H and O–H groups in total. The summed E-state index contributed by atoms with van der Waals surface area (Å²) in [4.78, 5) is 0. The van der Waals surface area contributed by atoms with Gasteiger partial charge in [0.2, 0.25) is 0 Å². The molecule has 0 saturated heterocycles. The molecule has 1 saturated carbocycles. The van der Waals surface area contributed by atoms with Gasteiger partial charge in [0.25, 0.3) is 0 Å². The molecule has 1 aliphatic carbocycles. The second-order valence-electron chi connectivity index (χ2n) is 6.65. The van der Waals surface area contributed by atoms with Crippen molar-refractivity contribution in [1.82, 2.24) is 5.32 Å². The van der Waals surface area contributed by atoms with Crippen molar-refractivity contribution in [3.8, 4) is 0 Å². The van der Waals surface area contributed by atoms with Crippen LogP contribution < -0.4 is 5.32 Å². The van der Waals surface area contributed by atoms with Crippen molar-refractivity contribution >= 4 is 27.5 Å². The van der Waals surface area contributed by atoms with E-state index in [1.54, 1.807) is 0 Å². The molecule has 1 fully saturated rings. The first kappa shape index (κ1) is 17.2. The lowest BCUT2D eigenvalue weighted by atomic mass is 9.70. The molecule has 1 aromatic carbocycles. The average molecular weight is 377 g/mol. The molecule has 1 aliphatic rings. The molecule has 21 heavy (non-hydrogen) atoms. The van der Waals surface area contributed by atoms with Gasteiger partial charge >= 0.3 is 0 Å². The Hall–Kier alpha value is -0.120. The van der Waals surface area contributed by atoms with Crippen molar-refractivity contribution in [2.24, 2.45) is 11.3 Å². The first-order valence-electron chi connectivity index (χ1n) is 7.72. The highest BCUT2D eigenvalue weighted by molar-refractivity contribution is 9.10. The Morgan fingerprint density at radius 3 is 2.48 bits per heavy atom. The summed E-state index contributed by atoms with van der Waals surface area (Å²) < 4.78 is 15.3. The lowest BCUT2D eigenvalue weighted by Gasteiger charge is -2.39. The zero-order valence-corrected chi connectivity index (χ0v) is 15.3. The van der Waals surface area contributed by atoms with Gasteiger partial charge in [0.05, 0.1) is 5.02 Å². The lowest BCUT2D eigenvalue weighted by Crippen LogP contribution is -2.36. The third-order valence-corrected chi connectivity index (χ3v) is 5.95. The lowest BCUT2D eigenvalue weighted by molar-refractivity contribution is 0.159. The van der Waals surface area contributed by atoms with Gasteiger partial charge in [-0.3, -0.25) is 0 Å². The van der Waals surface area contributed by atoms with E-state index in [9.17, 15) is 4.39 Å². The Kier molecular flexibility index (Phi) is 5.72. The van der Waals surface area contributed by atoms with Gasteiger partial charge in [-0.2, -0.15) is 0 Å². The minimum absolute atomic E-state index is 0.0213. The fourth-order valence-electron chi connectivity index (χ4n) is 4.06. The molecule has 1 aromatic rings. The second kappa shape index (κ2) is 6.97. The molecule has 0 aliphatic heterocycles. The molecular weight excluding hydrogens is 353 g/mol. The van der Waals surface area contributed by atoms with Crippen LogP contribution in [0.25, 0.3) is 0 Å². The van der Waals surface area contributed by atoms with E-state index in [2.05, 4.69) is 35.1 Å². The van der Waals surface area contributed by atoms with Crippen LogP contribution in [0.4, 0.5) is 4.39 Å². The summed E-state index contributed by atoms with van der Waals surface area (Å²) in [7, 11) is 1.93.